The minimum absolute atomic E-state index is 0.471. The highest BCUT2D eigenvalue weighted by atomic mass is 79.9. The molecule has 102 valence electrons. The van der Waals surface area contributed by atoms with Crippen molar-refractivity contribution in [3.8, 4) is 5.75 Å². The van der Waals surface area contributed by atoms with Gasteiger partial charge in [-0.15, -0.1) is 0 Å². The van der Waals surface area contributed by atoms with E-state index in [4.69, 9.17) is 15.0 Å². The molecule has 0 saturated heterocycles. The van der Waals surface area contributed by atoms with Crippen LogP contribution in [0, 0.1) is 0 Å². The summed E-state index contributed by atoms with van der Waals surface area (Å²) in [7, 11) is 1.61. The van der Waals surface area contributed by atoms with Crippen LogP contribution < -0.4 is 10.5 Å². The van der Waals surface area contributed by atoms with Crippen LogP contribution in [0.15, 0.2) is 27.2 Å². The van der Waals surface area contributed by atoms with Crippen LogP contribution in [-0.2, 0) is 6.42 Å². The van der Waals surface area contributed by atoms with E-state index in [2.05, 4.69) is 33.0 Å². The molecule has 1 aromatic heterocycles. The number of nitrogens with two attached hydrogens (primary N) is 1. The van der Waals surface area contributed by atoms with Crippen molar-refractivity contribution in [2.24, 2.45) is 5.73 Å². The van der Waals surface area contributed by atoms with Gasteiger partial charge in [0, 0.05) is 16.5 Å². The number of nitrogens with zero attached hydrogens (tertiary/aromatic N) is 2. The first kappa shape index (κ1) is 14.0. The summed E-state index contributed by atoms with van der Waals surface area (Å²) in [6.07, 6.45) is 1.71. The van der Waals surface area contributed by atoms with Gasteiger partial charge in [-0.05, 0) is 24.6 Å². The quantitative estimate of drug-likeness (QED) is 0.914. The predicted molar refractivity (Wildman–Crippen MR) is 75.0 cm³/mol. The van der Waals surface area contributed by atoms with Gasteiger partial charge in [-0.2, -0.15) is 4.98 Å². The third kappa shape index (κ3) is 3.13. The Morgan fingerprint density at radius 3 is 2.95 bits per heavy atom. The summed E-state index contributed by atoms with van der Waals surface area (Å²) in [5.74, 6) is 1.79. The number of benzene rings is 1. The summed E-state index contributed by atoms with van der Waals surface area (Å²) in [6, 6.07) is 5.18. The predicted octanol–water partition coefficient (Wildman–Crippen LogP) is 2.84. The molecule has 0 bridgehead atoms. The molecule has 0 spiro atoms. The topological polar surface area (TPSA) is 74.2 Å². The first-order chi connectivity index (χ1) is 9.15. The van der Waals surface area contributed by atoms with Gasteiger partial charge in [0.2, 0.25) is 5.89 Å². The van der Waals surface area contributed by atoms with Crippen molar-refractivity contribution in [3.63, 3.8) is 0 Å². The lowest BCUT2D eigenvalue weighted by atomic mass is 10.1. The van der Waals surface area contributed by atoms with Crippen molar-refractivity contribution in [1.29, 1.82) is 0 Å². The lowest BCUT2D eigenvalue weighted by Gasteiger charge is -2.12. The zero-order chi connectivity index (χ0) is 13.8. The zero-order valence-corrected chi connectivity index (χ0v) is 12.5. The molecule has 5 nitrogen and oxygen atoms in total. The molecule has 0 saturated carbocycles. The van der Waals surface area contributed by atoms with Crippen molar-refractivity contribution in [2.75, 3.05) is 7.11 Å². The minimum Gasteiger partial charge on any atom is -0.496 e. The van der Waals surface area contributed by atoms with E-state index >= 15 is 0 Å². The summed E-state index contributed by atoms with van der Waals surface area (Å²) in [5.41, 5.74) is 7.01. The molecule has 0 radical (unpaired) electrons. The normalized spacial score (nSPS) is 12.4. The Balaban J connectivity index is 2.31. The summed E-state index contributed by atoms with van der Waals surface area (Å²) < 4.78 is 11.4. The molecule has 0 fully saturated rings. The SMILES string of the molecule is CCCc1nc(C(N)c2cc(Br)ccc2OC)no1. The van der Waals surface area contributed by atoms with Gasteiger partial charge in [-0.3, -0.25) is 0 Å². The van der Waals surface area contributed by atoms with Gasteiger partial charge in [0.15, 0.2) is 5.82 Å². The van der Waals surface area contributed by atoms with Crippen LogP contribution in [0.1, 0.15) is 36.7 Å². The molecule has 1 aromatic carbocycles. The summed E-state index contributed by atoms with van der Waals surface area (Å²) >= 11 is 3.42. The van der Waals surface area contributed by atoms with Crippen LogP contribution in [-0.4, -0.2) is 17.3 Å². The first-order valence-electron chi connectivity index (χ1n) is 6.07. The average Bonchev–Trinajstić information content (AvgIpc) is 2.87. The third-order valence-corrected chi connectivity index (χ3v) is 3.25. The second-order valence-electron chi connectivity index (χ2n) is 4.16. The van der Waals surface area contributed by atoms with E-state index < -0.39 is 6.04 Å². The van der Waals surface area contributed by atoms with E-state index in [1.165, 1.54) is 0 Å². The lowest BCUT2D eigenvalue weighted by molar-refractivity contribution is 0.369. The van der Waals surface area contributed by atoms with E-state index in [0.29, 0.717) is 17.5 Å². The molecule has 0 aliphatic carbocycles. The van der Waals surface area contributed by atoms with E-state index in [-0.39, 0.29) is 0 Å². The monoisotopic (exact) mass is 325 g/mol. The number of rotatable bonds is 5. The number of aromatic nitrogens is 2. The number of aryl methyl sites for hydroxylation is 1. The van der Waals surface area contributed by atoms with E-state index in [1.54, 1.807) is 7.11 Å². The van der Waals surface area contributed by atoms with Gasteiger partial charge < -0.3 is 15.0 Å². The van der Waals surface area contributed by atoms with Gasteiger partial charge in [0.1, 0.15) is 5.75 Å². The molecular weight excluding hydrogens is 310 g/mol. The Kier molecular flexibility index (Phi) is 4.55. The largest absolute Gasteiger partial charge is 0.496 e. The van der Waals surface area contributed by atoms with Crippen molar-refractivity contribution >= 4 is 15.9 Å². The fourth-order valence-electron chi connectivity index (χ4n) is 1.80. The number of halogens is 1. The average molecular weight is 326 g/mol. The second-order valence-corrected chi connectivity index (χ2v) is 5.08. The van der Waals surface area contributed by atoms with Gasteiger partial charge in [-0.1, -0.05) is 28.0 Å². The summed E-state index contributed by atoms with van der Waals surface area (Å²) in [4.78, 5) is 4.31. The molecular formula is C13H16BrN3O2. The molecule has 2 N–H and O–H groups in total. The maximum atomic E-state index is 6.19. The number of methoxy groups -OCH3 is 1. The highest BCUT2D eigenvalue weighted by Gasteiger charge is 2.19. The second kappa shape index (κ2) is 6.16. The lowest BCUT2D eigenvalue weighted by Crippen LogP contribution is -2.15. The molecule has 1 atom stereocenters. The van der Waals surface area contributed by atoms with Crippen molar-refractivity contribution < 1.29 is 9.26 Å². The van der Waals surface area contributed by atoms with E-state index in [1.807, 2.05) is 18.2 Å². The Morgan fingerprint density at radius 2 is 2.26 bits per heavy atom. The highest BCUT2D eigenvalue weighted by molar-refractivity contribution is 9.10. The van der Waals surface area contributed by atoms with Crippen molar-refractivity contribution in [3.05, 3.63) is 40.0 Å². The number of hydrogen-bond acceptors (Lipinski definition) is 5. The zero-order valence-electron chi connectivity index (χ0n) is 10.9. The fraction of sp³-hybridized carbons (Fsp3) is 0.385. The molecule has 2 rings (SSSR count). The van der Waals surface area contributed by atoms with E-state index in [0.717, 1.165) is 22.9 Å². The standard InChI is InChI=1S/C13H16BrN3O2/c1-3-4-11-16-13(17-19-11)12(15)9-7-8(14)5-6-10(9)18-2/h5-7,12H,3-4,15H2,1-2H3. The van der Waals surface area contributed by atoms with Crippen LogP contribution in [0.2, 0.25) is 0 Å². The molecule has 0 aliphatic heterocycles. The molecule has 19 heavy (non-hydrogen) atoms. The van der Waals surface area contributed by atoms with Crippen LogP contribution in [0.5, 0.6) is 5.75 Å². The molecule has 2 aromatic rings. The molecule has 1 unspecified atom stereocenters. The highest BCUT2D eigenvalue weighted by Crippen LogP contribution is 2.29. The smallest absolute Gasteiger partial charge is 0.226 e. The fourth-order valence-corrected chi connectivity index (χ4v) is 2.18. The molecule has 1 heterocycles. The maximum absolute atomic E-state index is 6.19. The Hall–Kier alpha value is -1.40. The minimum atomic E-state index is -0.471. The van der Waals surface area contributed by atoms with Crippen molar-refractivity contribution in [1.82, 2.24) is 10.1 Å². The molecule has 0 aliphatic rings. The number of hydrogen-bond donors (Lipinski definition) is 1. The Morgan fingerprint density at radius 1 is 1.47 bits per heavy atom. The maximum Gasteiger partial charge on any atom is 0.226 e. The van der Waals surface area contributed by atoms with Gasteiger partial charge in [0.05, 0.1) is 13.2 Å². The van der Waals surface area contributed by atoms with Crippen LogP contribution in [0.4, 0.5) is 0 Å². The van der Waals surface area contributed by atoms with Crippen LogP contribution >= 0.6 is 15.9 Å². The Bertz CT molecular complexity index is 557. The summed E-state index contributed by atoms with van der Waals surface area (Å²) in [5, 5.41) is 3.93. The first-order valence-corrected chi connectivity index (χ1v) is 6.86. The van der Waals surface area contributed by atoms with Crippen LogP contribution in [0.3, 0.4) is 0 Å². The molecule has 6 heteroatoms. The Labute approximate surface area is 120 Å². The molecule has 0 amide bonds. The van der Waals surface area contributed by atoms with Gasteiger partial charge in [-0.25, -0.2) is 0 Å². The van der Waals surface area contributed by atoms with Crippen molar-refractivity contribution in [2.45, 2.75) is 25.8 Å². The summed E-state index contributed by atoms with van der Waals surface area (Å²) in [6.45, 7) is 2.06. The third-order valence-electron chi connectivity index (χ3n) is 2.75. The number of ether oxygens (including phenoxy) is 1. The van der Waals surface area contributed by atoms with Crippen LogP contribution in [0.25, 0.3) is 0 Å². The van der Waals surface area contributed by atoms with Gasteiger partial charge in [0.25, 0.3) is 0 Å². The van der Waals surface area contributed by atoms with Gasteiger partial charge >= 0.3 is 0 Å². The van der Waals surface area contributed by atoms with E-state index in [9.17, 15) is 0 Å².